The summed E-state index contributed by atoms with van der Waals surface area (Å²) in [6.45, 7) is 7.79. The second kappa shape index (κ2) is 5.13. The van der Waals surface area contributed by atoms with Gasteiger partial charge in [-0.2, -0.15) is 0 Å². The van der Waals surface area contributed by atoms with E-state index in [0.29, 0.717) is 6.04 Å². The molecule has 84 valence electrons. The molecule has 0 bridgehead atoms. The SMILES string of the molecule is CCNC(C)C1(OC)CCC(C)CC1. The molecule has 0 aromatic carbocycles. The van der Waals surface area contributed by atoms with E-state index >= 15 is 0 Å². The highest BCUT2D eigenvalue weighted by molar-refractivity contribution is 4.93. The molecule has 1 fully saturated rings. The van der Waals surface area contributed by atoms with Crippen LogP contribution in [0.5, 0.6) is 0 Å². The van der Waals surface area contributed by atoms with Crippen LogP contribution in [0.2, 0.25) is 0 Å². The van der Waals surface area contributed by atoms with Crippen LogP contribution < -0.4 is 5.32 Å². The molecular formula is C12H25NO. The van der Waals surface area contributed by atoms with Crippen LogP contribution in [0.25, 0.3) is 0 Å². The molecule has 0 aromatic heterocycles. The molecule has 0 heterocycles. The first-order chi connectivity index (χ1) is 6.64. The summed E-state index contributed by atoms with van der Waals surface area (Å²) in [6, 6.07) is 0.477. The lowest BCUT2D eigenvalue weighted by Gasteiger charge is -2.43. The average molecular weight is 199 g/mol. The summed E-state index contributed by atoms with van der Waals surface area (Å²) in [7, 11) is 1.86. The molecule has 0 spiro atoms. The predicted molar refractivity (Wildman–Crippen MR) is 60.5 cm³/mol. The second-order valence-electron chi connectivity index (χ2n) is 4.73. The Morgan fingerprint density at radius 1 is 1.43 bits per heavy atom. The number of methoxy groups -OCH3 is 1. The van der Waals surface area contributed by atoms with Crippen molar-refractivity contribution in [3.63, 3.8) is 0 Å². The predicted octanol–water partition coefficient (Wildman–Crippen LogP) is 2.58. The molecule has 0 aliphatic heterocycles. The Morgan fingerprint density at radius 2 is 2.00 bits per heavy atom. The minimum Gasteiger partial charge on any atom is -0.377 e. The van der Waals surface area contributed by atoms with E-state index in [0.717, 1.165) is 12.5 Å². The Hall–Kier alpha value is -0.0800. The lowest BCUT2D eigenvalue weighted by molar-refractivity contribution is -0.0700. The molecule has 0 aromatic rings. The molecule has 0 saturated heterocycles. The van der Waals surface area contributed by atoms with Crippen molar-refractivity contribution < 1.29 is 4.74 Å². The minimum atomic E-state index is 0.0997. The van der Waals surface area contributed by atoms with Crippen molar-refractivity contribution in [3.8, 4) is 0 Å². The quantitative estimate of drug-likeness (QED) is 0.751. The smallest absolute Gasteiger partial charge is 0.0828 e. The molecule has 1 rings (SSSR count). The van der Waals surface area contributed by atoms with E-state index in [4.69, 9.17) is 4.74 Å². The molecule has 14 heavy (non-hydrogen) atoms. The third kappa shape index (κ3) is 2.48. The highest BCUT2D eigenvalue weighted by atomic mass is 16.5. The van der Waals surface area contributed by atoms with E-state index in [1.807, 2.05) is 7.11 Å². The van der Waals surface area contributed by atoms with Crippen LogP contribution in [0.1, 0.15) is 46.5 Å². The van der Waals surface area contributed by atoms with Crippen molar-refractivity contribution in [1.29, 1.82) is 0 Å². The maximum absolute atomic E-state index is 5.78. The van der Waals surface area contributed by atoms with Crippen LogP contribution in [0.4, 0.5) is 0 Å². The molecule has 1 unspecified atom stereocenters. The monoisotopic (exact) mass is 199 g/mol. The van der Waals surface area contributed by atoms with Gasteiger partial charge in [0.2, 0.25) is 0 Å². The Kier molecular flexibility index (Phi) is 4.39. The molecule has 1 N–H and O–H groups in total. The normalized spacial score (nSPS) is 35.6. The summed E-state index contributed by atoms with van der Waals surface area (Å²) in [6.07, 6.45) is 5.03. The van der Waals surface area contributed by atoms with Gasteiger partial charge in [0.15, 0.2) is 0 Å². The van der Waals surface area contributed by atoms with E-state index in [1.165, 1.54) is 25.7 Å². The first-order valence-corrected chi connectivity index (χ1v) is 5.93. The maximum atomic E-state index is 5.78. The van der Waals surface area contributed by atoms with Crippen molar-refractivity contribution in [1.82, 2.24) is 5.32 Å². The molecule has 0 radical (unpaired) electrons. The van der Waals surface area contributed by atoms with E-state index in [9.17, 15) is 0 Å². The van der Waals surface area contributed by atoms with E-state index in [1.54, 1.807) is 0 Å². The van der Waals surface area contributed by atoms with Crippen LogP contribution in [-0.4, -0.2) is 25.3 Å². The van der Waals surface area contributed by atoms with Gasteiger partial charge < -0.3 is 10.1 Å². The number of hydrogen-bond acceptors (Lipinski definition) is 2. The van der Waals surface area contributed by atoms with Gasteiger partial charge in [-0.3, -0.25) is 0 Å². The zero-order valence-corrected chi connectivity index (χ0v) is 10.1. The Morgan fingerprint density at radius 3 is 2.43 bits per heavy atom. The second-order valence-corrected chi connectivity index (χ2v) is 4.73. The lowest BCUT2D eigenvalue weighted by atomic mass is 9.76. The minimum absolute atomic E-state index is 0.0997. The van der Waals surface area contributed by atoms with Crippen molar-refractivity contribution in [2.24, 2.45) is 5.92 Å². The van der Waals surface area contributed by atoms with Gasteiger partial charge >= 0.3 is 0 Å². The third-order valence-corrected chi connectivity index (χ3v) is 3.83. The molecule has 1 aliphatic carbocycles. The van der Waals surface area contributed by atoms with Crippen LogP contribution in [0.3, 0.4) is 0 Å². The number of hydrogen-bond donors (Lipinski definition) is 1. The molecule has 0 amide bonds. The maximum Gasteiger partial charge on any atom is 0.0828 e. The first kappa shape index (κ1) is 12.0. The van der Waals surface area contributed by atoms with Gasteiger partial charge in [-0.25, -0.2) is 0 Å². The van der Waals surface area contributed by atoms with Crippen molar-refractivity contribution in [2.45, 2.75) is 58.1 Å². The van der Waals surface area contributed by atoms with Crippen LogP contribution in [0.15, 0.2) is 0 Å². The van der Waals surface area contributed by atoms with Gasteiger partial charge in [0.1, 0.15) is 0 Å². The fraction of sp³-hybridized carbons (Fsp3) is 1.00. The Bertz CT molecular complexity index is 162. The lowest BCUT2D eigenvalue weighted by Crippen LogP contribution is -2.52. The van der Waals surface area contributed by atoms with Gasteiger partial charge in [0, 0.05) is 13.2 Å². The van der Waals surface area contributed by atoms with Gasteiger partial charge in [0.25, 0.3) is 0 Å². The van der Waals surface area contributed by atoms with Gasteiger partial charge in [-0.05, 0) is 45.1 Å². The number of rotatable bonds is 4. The summed E-state index contributed by atoms with van der Waals surface area (Å²) in [5, 5.41) is 3.50. The summed E-state index contributed by atoms with van der Waals surface area (Å²) < 4.78 is 5.78. The van der Waals surface area contributed by atoms with E-state index in [-0.39, 0.29) is 5.60 Å². The van der Waals surface area contributed by atoms with Gasteiger partial charge in [0.05, 0.1) is 5.60 Å². The number of likely N-dealkylation sites (N-methyl/N-ethyl adjacent to an activating group) is 1. The molecule has 2 heteroatoms. The summed E-state index contributed by atoms with van der Waals surface area (Å²) in [4.78, 5) is 0. The fourth-order valence-electron chi connectivity index (χ4n) is 2.56. The van der Waals surface area contributed by atoms with E-state index < -0.39 is 0 Å². The molecule has 1 atom stereocenters. The molecular weight excluding hydrogens is 174 g/mol. The molecule has 1 saturated carbocycles. The van der Waals surface area contributed by atoms with Crippen molar-refractivity contribution in [3.05, 3.63) is 0 Å². The first-order valence-electron chi connectivity index (χ1n) is 5.93. The third-order valence-electron chi connectivity index (χ3n) is 3.83. The summed E-state index contributed by atoms with van der Waals surface area (Å²) >= 11 is 0. The molecule has 1 aliphatic rings. The summed E-state index contributed by atoms with van der Waals surface area (Å²) in [5.41, 5.74) is 0.0997. The van der Waals surface area contributed by atoms with Crippen LogP contribution >= 0.6 is 0 Å². The average Bonchev–Trinajstić information content (AvgIpc) is 2.20. The van der Waals surface area contributed by atoms with Crippen molar-refractivity contribution in [2.75, 3.05) is 13.7 Å². The topological polar surface area (TPSA) is 21.3 Å². The highest BCUT2D eigenvalue weighted by Crippen LogP contribution is 2.36. The highest BCUT2D eigenvalue weighted by Gasteiger charge is 2.38. The molecule has 2 nitrogen and oxygen atoms in total. The Labute approximate surface area is 88.4 Å². The largest absolute Gasteiger partial charge is 0.377 e. The summed E-state index contributed by atoms with van der Waals surface area (Å²) in [5.74, 6) is 0.882. The van der Waals surface area contributed by atoms with Crippen molar-refractivity contribution >= 4 is 0 Å². The zero-order chi connectivity index (χ0) is 10.6. The zero-order valence-electron chi connectivity index (χ0n) is 10.1. The number of nitrogens with one attached hydrogen (secondary N) is 1. The van der Waals surface area contributed by atoms with Crippen LogP contribution in [0, 0.1) is 5.92 Å². The van der Waals surface area contributed by atoms with Gasteiger partial charge in [-0.15, -0.1) is 0 Å². The fourth-order valence-corrected chi connectivity index (χ4v) is 2.56. The van der Waals surface area contributed by atoms with Gasteiger partial charge in [-0.1, -0.05) is 13.8 Å². The Balaban J connectivity index is 2.57. The van der Waals surface area contributed by atoms with E-state index in [2.05, 4.69) is 26.1 Å². The van der Waals surface area contributed by atoms with Crippen LogP contribution in [-0.2, 0) is 4.74 Å². The standard InChI is InChI=1S/C12H25NO/c1-5-13-11(3)12(14-4)8-6-10(2)7-9-12/h10-11,13H,5-9H2,1-4H3. The number of ether oxygens (including phenoxy) is 1.